The molecule has 1 amide bonds. The summed E-state index contributed by atoms with van der Waals surface area (Å²) in [6, 6.07) is 3.48. The van der Waals surface area contributed by atoms with E-state index >= 15 is 0 Å². The van der Waals surface area contributed by atoms with Crippen LogP contribution in [-0.4, -0.2) is 24.4 Å². The van der Waals surface area contributed by atoms with E-state index in [1.54, 1.807) is 6.92 Å². The fraction of sp³-hybridized carbons (Fsp3) is 0.429. The number of ether oxygens (including phenoxy) is 1. The largest absolute Gasteiger partial charge is 0.444 e. The summed E-state index contributed by atoms with van der Waals surface area (Å²) in [5, 5.41) is 9.02. The SMILES string of the molecule is Cc1c(N2C(=O)O[C@@H](C)[C@@H]2CC(F)(F)F)ccc(C#N)c1Cl. The molecule has 1 heterocycles. The van der Waals surface area contributed by atoms with Gasteiger partial charge in [-0.05, 0) is 31.5 Å². The Labute approximate surface area is 130 Å². The zero-order chi connectivity index (χ0) is 16.7. The van der Waals surface area contributed by atoms with Gasteiger partial charge in [0, 0.05) is 0 Å². The number of nitriles is 1. The van der Waals surface area contributed by atoms with Crippen molar-refractivity contribution in [2.24, 2.45) is 0 Å². The summed E-state index contributed by atoms with van der Waals surface area (Å²) in [5.41, 5.74) is 0.766. The second-order valence-corrected chi connectivity index (χ2v) is 5.41. The summed E-state index contributed by atoms with van der Waals surface area (Å²) in [6.45, 7) is 2.95. The standard InChI is InChI=1S/C14H12ClF3N2O2/c1-7-10(4-3-9(6-19)12(7)15)20-11(5-14(16,17)18)8(2)22-13(20)21/h3-4,8,11H,5H2,1-2H3/t8-,11-/m0/s1. The van der Waals surface area contributed by atoms with E-state index in [2.05, 4.69) is 0 Å². The molecule has 8 heteroatoms. The highest BCUT2D eigenvalue weighted by atomic mass is 35.5. The van der Waals surface area contributed by atoms with Crippen LogP contribution in [0.1, 0.15) is 24.5 Å². The van der Waals surface area contributed by atoms with Crippen LogP contribution in [0.15, 0.2) is 12.1 Å². The van der Waals surface area contributed by atoms with Gasteiger partial charge in [-0.25, -0.2) is 4.79 Å². The van der Waals surface area contributed by atoms with E-state index in [0.717, 1.165) is 4.90 Å². The van der Waals surface area contributed by atoms with E-state index in [0.29, 0.717) is 5.56 Å². The molecule has 0 saturated carbocycles. The van der Waals surface area contributed by atoms with Gasteiger partial charge in [-0.2, -0.15) is 18.4 Å². The zero-order valence-electron chi connectivity index (χ0n) is 11.7. The predicted octanol–water partition coefficient (Wildman–Crippen LogP) is 4.19. The molecule has 2 atom stereocenters. The third-order valence-corrected chi connectivity index (χ3v) is 4.02. The maximum absolute atomic E-state index is 12.7. The van der Waals surface area contributed by atoms with E-state index in [1.165, 1.54) is 19.1 Å². The molecule has 0 unspecified atom stereocenters. The monoisotopic (exact) mass is 332 g/mol. The lowest BCUT2D eigenvalue weighted by atomic mass is 10.0. The second kappa shape index (κ2) is 5.69. The minimum absolute atomic E-state index is 0.109. The molecule has 0 spiro atoms. The maximum atomic E-state index is 12.7. The smallest absolute Gasteiger partial charge is 0.415 e. The molecule has 1 aromatic rings. The Hall–Kier alpha value is -1.94. The molecule has 4 nitrogen and oxygen atoms in total. The quantitative estimate of drug-likeness (QED) is 0.816. The number of benzene rings is 1. The number of hydrogen-bond donors (Lipinski definition) is 0. The first-order valence-electron chi connectivity index (χ1n) is 6.41. The number of nitrogens with zero attached hydrogens (tertiary/aromatic N) is 2. The van der Waals surface area contributed by atoms with Crippen LogP contribution in [0.4, 0.5) is 23.7 Å². The topological polar surface area (TPSA) is 53.3 Å². The molecule has 1 saturated heterocycles. The number of hydrogen-bond acceptors (Lipinski definition) is 3. The van der Waals surface area contributed by atoms with E-state index in [-0.39, 0.29) is 16.3 Å². The molecule has 0 aromatic heterocycles. The lowest BCUT2D eigenvalue weighted by molar-refractivity contribution is -0.140. The van der Waals surface area contributed by atoms with Crippen molar-refractivity contribution in [3.05, 3.63) is 28.3 Å². The first kappa shape index (κ1) is 16.4. The molecule has 0 aliphatic carbocycles. The molecule has 1 aromatic carbocycles. The maximum Gasteiger partial charge on any atom is 0.415 e. The van der Waals surface area contributed by atoms with Crippen LogP contribution < -0.4 is 4.90 Å². The van der Waals surface area contributed by atoms with Crippen molar-refractivity contribution in [3.8, 4) is 6.07 Å². The van der Waals surface area contributed by atoms with Gasteiger partial charge in [-0.15, -0.1) is 0 Å². The molecule has 22 heavy (non-hydrogen) atoms. The molecule has 1 fully saturated rings. The van der Waals surface area contributed by atoms with Crippen LogP contribution >= 0.6 is 11.6 Å². The van der Waals surface area contributed by atoms with E-state index in [1.807, 2.05) is 6.07 Å². The van der Waals surface area contributed by atoms with Crippen LogP contribution in [0.5, 0.6) is 0 Å². The van der Waals surface area contributed by atoms with Crippen molar-refractivity contribution in [2.45, 2.75) is 38.6 Å². The lowest BCUT2D eigenvalue weighted by Crippen LogP contribution is -2.39. The number of alkyl halides is 3. The molecule has 1 aliphatic heterocycles. The minimum Gasteiger partial charge on any atom is -0.444 e. The second-order valence-electron chi connectivity index (χ2n) is 5.03. The predicted molar refractivity (Wildman–Crippen MR) is 73.8 cm³/mol. The number of halogens is 4. The molecule has 118 valence electrons. The number of carbonyl (C=O) groups is 1. The van der Waals surface area contributed by atoms with Gasteiger partial charge in [0.25, 0.3) is 0 Å². The molecule has 2 rings (SSSR count). The highest BCUT2D eigenvalue weighted by molar-refractivity contribution is 6.33. The van der Waals surface area contributed by atoms with Gasteiger partial charge in [0.15, 0.2) is 0 Å². The first-order valence-corrected chi connectivity index (χ1v) is 6.79. The van der Waals surface area contributed by atoms with Crippen LogP contribution in [0.2, 0.25) is 5.02 Å². The number of amides is 1. The Morgan fingerprint density at radius 1 is 1.45 bits per heavy atom. The van der Waals surface area contributed by atoms with E-state index in [4.69, 9.17) is 21.6 Å². The fourth-order valence-electron chi connectivity index (χ4n) is 2.43. The molecular formula is C14H12ClF3N2O2. The Balaban J connectivity index is 2.47. The summed E-state index contributed by atoms with van der Waals surface area (Å²) in [7, 11) is 0. The first-order chi connectivity index (χ1) is 10.2. The molecule has 0 radical (unpaired) electrons. The van der Waals surface area contributed by atoms with Gasteiger partial charge >= 0.3 is 12.3 Å². The summed E-state index contributed by atoms with van der Waals surface area (Å²) >= 11 is 6.02. The van der Waals surface area contributed by atoms with Crippen LogP contribution in [0.3, 0.4) is 0 Å². The van der Waals surface area contributed by atoms with Gasteiger partial charge in [-0.1, -0.05) is 11.6 Å². The molecule has 0 N–H and O–H groups in total. The van der Waals surface area contributed by atoms with Crippen LogP contribution in [0, 0.1) is 18.3 Å². The Morgan fingerprint density at radius 2 is 2.09 bits per heavy atom. The fourth-order valence-corrected chi connectivity index (χ4v) is 2.64. The van der Waals surface area contributed by atoms with Crippen molar-refractivity contribution >= 4 is 23.4 Å². The third kappa shape index (κ3) is 2.97. The van der Waals surface area contributed by atoms with Gasteiger partial charge in [0.2, 0.25) is 0 Å². The summed E-state index contributed by atoms with van der Waals surface area (Å²) in [4.78, 5) is 12.9. The van der Waals surface area contributed by atoms with Gasteiger partial charge < -0.3 is 4.74 Å². The summed E-state index contributed by atoms with van der Waals surface area (Å²) < 4.78 is 43.1. The Kier molecular flexibility index (Phi) is 4.25. The number of cyclic esters (lactones) is 1. The summed E-state index contributed by atoms with van der Waals surface area (Å²) in [5.74, 6) is 0. The Morgan fingerprint density at radius 3 is 2.64 bits per heavy atom. The average molecular weight is 333 g/mol. The van der Waals surface area contributed by atoms with E-state index < -0.39 is 30.8 Å². The lowest BCUT2D eigenvalue weighted by Gasteiger charge is -2.26. The van der Waals surface area contributed by atoms with Crippen molar-refractivity contribution < 1.29 is 22.7 Å². The number of anilines is 1. The minimum atomic E-state index is -4.44. The number of carbonyl (C=O) groups excluding carboxylic acids is 1. The number of rotatable bonds is 2. The average Bonchev–Trinajstić information content (AvgIpc) is 2.66. The molecular weight excluding hydrogens is 321 g/mol. The third-order valence-electron chi connectivity index (χ3n) is 3.54. The van der Waals surface area contributed by atoms with Gasteiger partial charge in [-0.3, -0.25) is 4.90 Å². The molecule has 0 bridgehead atoms. The van der Waals surface area contributed by atoms with Crippen molar-refractivity contribution in [3.63, 3.8) is 0 Å². The van der Waals surface area contributed by atoms with Crippen molar-refractivity contribution in [1.29, 1.82) is 5.26 Å². The molecule has 1 aliphatic rings. The van der Waals surface area contributed by atoms with Gasteiger partial charge in [0.05, 0.1) is 28.7 Å². The highest BCUT2D eigenvalue weighted by Crippen LogP contribution is 2.38. The highest BCUT2D eigenvalue weighted by Gasteiger charge is 2.46. The van der Waals surface area contributed by atoms with Gasteiger partial charge in [0.1, 0.15) is 12.2 Å². The van der Waals surface area contributed by atoms with Crippen LogP contribution in [-0.2, 0) is 4.74 Å². The normalized spacial score (nSPS) is 21.7. The zero-order valence-corrected chi connectivity index (χ0v) is 12.5. The van der Waals surface area contributed by atoms with E-state index in [9.17, 15) is 18.0 Å². The van der Waals surface area contributed by atoms with Crippen molar-refractivity contribution in [2.75, 3.05) is 4.90 Å². The Bertz CT molecular complexity index is 655. The summed E-state index contributed by atoms with van der Waals surface area (Å²) in [6.07, 6.45) is -7.37. The van der Waals surface area contributed by atoms with Crippen molar-refractivity contribution in [1.82, 2.24) is 0 Å². The van der Waals surface area contributed by atoms with Crippen LogP contribution in [0.25, 0.3) is 0 Å².